The average molecular weight is 297 g/mol. The van der Waals surface area contributed by atoms with E-state index >= 15 is 0 Å². The minimum atomic E-state index is -0.298. The van der Waals surface area contributed by atoms with Gasteiger partial charge in [-0.1, -0.05) is 12.1 Å². The molecule has 1 aromatic heterocycles. The third-order valence-electron chi connectivity index (χ3n) is 3.32. The number of hydrogen-bond donors (Lipinski definition) is 1. The van der Waals surface area contributed by atoms with Gasteiger partial charge in [-0.05, 0) is 44.2 Å². The largest absolute Gasteiger partial charge is 0.339 e. The maximum Gasteiger partial charge on any atom is 0.274 e. The van der Waals surface area contributed by atoms with E-state index in [0.717, 1.165) is 0 Å². The molecule has 0 aliphatic heterocycles. The predicted octanol–water partition coefficient (Wildman–Crippen LogP) is 2.82. The van der Waals surface area contributed by atoms with Gasteiger partial charge in [0.15, 0.2) is 0 Å². The molecule has 0 bridgehead atoms. The molecule has 1 N–H and O–H groups in total. The Morgan fingerprint density at radius 3 is 2.50 bits per heavy atom. The zero-order chi connectivity index (χ0) is 15.9. The van der Waals surface area contributed by atoms with E-state index < -0.39 is 0 Å². The van der Waals surface area contributed by atoms with Crippen LogP contribution in [-0.4, -0.2) is 34.8 Å². The van der Waals surface area contributed by atoms with Gasteiger partial charge in [-0.15, -0.1) is 0 Å². The van der Waals surface area contributed by atoms with Crippen LogP contribution in [0.2, 0.25) is 0 Å². The maximum atomic E-state index is 12.3. The smallest absolute Gasteiger partial charge is 0.274 e. The second-order valence-corrected chi connectivity index (χ2v) is 4.73. The Morgan fingerprint density at radius 2 is 1.86 bits per heavy atom. The predicted molar refractivity (Wildman–Crippen MR) is 85.9 cm³/mol. The van der Waals surface area contributed by atoms with Gasteiger partial charge in [0.2, 0.25) is 0 Å². The molecule has 0 saturated heterocycles. The first kappa shape index (κ1) is 15.7. The molecule has 22 heavy (non-hydrogen) atoms. The minimum absolute atomic E-state index is 0.0427. The second-order valence-electron chi connectivity index (χ2n) is 4.73. The first-order valence-electron chi connectivity index (χ1n) is 7.27. The van der Waals surface area contributed by atoms with E-state index in [4.69, 9.17) is 0 Å². The molecule has 0 atom stereocenters. The second kappa shape index (κ2) is 7.36. The van der Waals surface area contributed by atoms with E-state index in [1.807, 2.05) is 13.8 Å². The van der Waals surface area contributed by atoms with Crippen molar-refractivity contribution < 1.29 is 9.59 Å². The van der Waals surface area contributed by atoms with Crippen LogP contribution in [0.25, 0.3) is 0 Å². The van der Waals surface area contributed by atoms with Crippen LogP contribution in [0.4, 0.5) is 5.69 Å². The number of amides is 2. The summed E-state index contributed by atoms with van der Waals surface area (Å²) >= 11 is 0. The third kappa shape index (κ3) is 3.69. The first-order valence-corrected chi connectivity index (χ1v) is 7.27. The topological polar surface area (TPSA) is 62.3 Å². The fraction of sp³-hybridized carbons (Fsp3) is 0.235. The minimum Gasteiger partial charge on any atom is -0.339 e. The molecule has 0 unspecified atom stereocenters. The Labute approximate surface area is 130 Å². The van der Waals surface area contributed by atoms with Crippen molar-refractivity contribution in [1.29, 1.82) is 0 Å². The Hall–Kier alpha value is -2.69. The average Bonchev–Trinajstić information content (AvgIpc) is 2.57. The Balaban J connectivity index is 2.15. The van der Waals surface area contributed by atoms with Gasteiger partial charge in [0.05, 0.1) is 0 Å². The molecule has 2 aromatic rings. The number of hydrogen-bond acceptors (Lipinski definition) is 3. The standard InChI is InChI=1S/C17H19N3O2/c1-3-20(4-2)17(22)13-8-7-9-14(12-13)19-16(21)15-10-5-6-11-18-15/h5-12H,3-4H2,1-2H3,(H,19,21). The molecule has 0 radical (unpaired) electrons. The van der Waals surface area contributed by atoms with Crippen LogP contribution in [0, 0.1) is 0 Å². The van der Waals surface area contributed by atoms with Crippen molar-refractivity contribution in [2.24, 2.45) is 0 Å². The lowest BCUT2D eigenvalue weighted by atomic mass is 10.1. The van der Waals surface area contributed by atoms with Crippen molar-refractivity contribution in [2.45, 2.75) is 13.8 Å². The molecule has 0 aliphatic rings. The molecular weight excluding hydrogens is 278 g/mol. The summed E-state index contributed by atoms with van der Waals surface area (Å²) in [5.74, 6) is -0.341. The van der Waals surface area contributed by atoms with E-state index in [-0.39, 0.29) is 11.8 Å². The van der Waals surface area contributed by atoms with Gasteiger partial charge in [0.1, 0.15) is 5.69 Å². The quantitative estimate of drug-likeness (QED) is 0.923. The molecule has 2 rings (SSSR count). The summed E-state index contributed by atoms with van der Waals surface area (Å²) < 4.78 is 0. The number of carbonyl (C=O) groups is 2. The van der Waals surface area contributed by atoms with Crippen molar-refractivity contribution in [2.75, 3.05) is 18.4 Å². The van der Waals surface area contributed by atoms with Crippen LogP contribution in [0.5, 0.6) is 0 Å². The van der Waals surface area contributed by atoms with E-state index in [1.165, 1.54) is 0 Å². The first-order chi connectivity index (χ1) is 10.7. The van der Waals surface area contributed by atoms with Crippen LogP contribution in [0.1, 0.15) is 34.7 Å². The molecule has 5 heteroatoms. The number of nitrogens with one attached hydrogen (secondary N) is 1. The Bertz CT molecular complexity index is 652. The number of anilines is 1. The third-order valence-corrected chi connectivity index (χ3v) is 3.32. The van der Waals surface area contributed by atoms with E-state index in [9.17, 15) is 9.59 Å². The number of carbonyl (C=O) groups excluding carboxylic acids is 2. The summed E-state index contributed by atoms with van der Waals surface area (Å²) in [4.78, 5) is 30.1. The highest BCUT2D eigenvalue weighted by Gasteiger charge is 2.13. The number of nitrogens with zero attached hydrogens (tertiary/aromatic N) is 2. The van der Waals surface area contributed by atoms with Crippen LogP contribution >= 0.6 is 0 Å². The molecule has 0 spiro atoms. The van der Waals surface area contributed by atoms with Crippen LogP contribution < -0.4 is 5.32 Å². The van der Waals surface area contributed by atoms with Gasteiger partial charge in [0, 0.05) is 30.5 Å². The van der Waals surface area contributed by atoms with Crippen LogP contribution in [0.3, 0.4) is 0 Å². The lowest BCUT2D eigenvalue weighted by Crippen LogP contribution is -2.30. The van der Waals surface area contributed by atoms with Gasteiger partial charge in [-0.3, -0.25) is 14.6 Å². The van der Waals surface area contributed by atoms with Gasteiger partial charge in [-0.2, -0.15) is 0 Å². The number of benzene rings is 1. The van der Waals surface area contributed by atoms with Gasteiger partial charge in [0.25, 0.3) is 11.8 Å². The summed E-state index contributed by atoms with van der Waals surface area (Å²) in [6.45, 7) is 5.18. The lowest BCUT2D eigenvalue weighted by molar-refractivity contribution is 0.0772. The van der Waals surface area contributed by atoms with Crippen molar-refractivity contribution in [3.05, 3.63) is 59.9 Å². The normalized spacial score (nSPS) is 10.1. The molecular formula is C17H19N3O2. The van der Waals surface area contributed by atoms with E-state index in [2.05, 4.69) is 10.3 Å². The zero-order valence-electron chi connectivity index (χ0n) is 12.7. The SMILES string of the molecule is CCN(CC)C(=O)c1cccc(NC(=O)c2ccccn2)c1. The number of aromatic nitrogens is 1. The molecule has 0 fully saturated rings. The highest BCUT2D eigenvalue weighted by atomic mass is 16.2. The van der Waals surface area contributed by atoms with Crippen LogP contribution in [0.15, 0.2) is 48.7 Å². The number of pyridine rings is 1. The fourth-order valence-corrected chi connectivity index (χ4v) is 2.12. The van der Waals surface area contributed by atoms with Gasteiger partial charge >= 0.3 is 0 Å². The summed E-state index contributed by atoms with van der Waals surface area (Å²) in [6.07, 6.45) is 1.56. The Morgan fingerprint density at radius 1 is 1.09 bits per heavy atom. The highest BCUT2D eigenvalue weighted by Crippen LogP contribution is 2.14. The summed E-state index contributed by atoms with van der Waals surface area (Å²) in [6, 6.07) is 12.1. The summed E-state index contributed by atoms with van der Waals surface area (Å²) in [5.41, 5.74) is 1.47. The van der Waals surface area contributed by atoms with Crippen molar-refractivity contribution in [3.63, 3.8) is 0 Å². The maximum absolute atomic E-state index is 12.3. The highest BCUT2D eigenvalue weighted by molar-refractivity contribution is 6.03. The summed E-state index contributed by atoms with van der Waals surface area (Å²) in [7, 11) is 0. The van der Waals surface area contributed by atoms with E-state index in [1.54, 1.807) is 53.6 Å². The molecule has 0 aliphatic carbocycles. The van der Waals surface area contributed by atoms with Gasteiger partial charge < -0.3 is 10.2 Å². The molecule has 0 saturated carbocycles. The zero-order valence-corrected chi connectivity index (χ0v) is 12.7. The molecule has 1 heterocycles. The van der Waals surface area contributed by atoms with E-state index in [0.29, 0.717) is 30.0 Å². The molecule has 2 amide bonds. The molecule has 114 valence electrons. The van der Waals surface area contributed by atoms with Crippen molar-refractivity contribution in [1.82, 2.24) is 9.88 Å². The number of rotatable bonds is 5. The monoisotopic (exact) mass is 297 g/mol. The van der Waals surface area contributed by atoms with Crippen molar-refractivity contribution >= 4 is 17.5 Å². The summed E-state index contributed by atoms with van der Waals surface area (Å²) in [5, 5.41) is 2.76. The Kier molecular flexibility index (Phi) is 5.25. The molecule has 5 nitrogen and oxygen atoms in total. The molecule has 1 aromatic carbocycles. The lowest BCUT2D eigenvalue weighted by Gasteiger charge is -2.19. The van der Waals surface area contributed by atoms with Crippen molar-refractivity contribution in [3.8, 4) is 0 Å². The van der Waals surface area contributed by atoms with Gasteiger partial charge in [-0.25, -0.2) is 0 Å². The van der Waals surface area contributed by atoms with Crippen LogP contribution in [-0.2, 0) is 0 Å². The fourth-order valence-electron chi connectivity index (χ4n) is 2.12.